The summed E-state index contributed by atoms with van der Waals surface area (Å²) in [6, 6.07) is 0. The molecule has 0 fully saturated rings. The molecular weight excluding hydrogens is 142 g/mol. The fourth-order valence-corrected chi connectivity index (χ4v) is 0.480. The largest absolute Gasteiger partial charge is 0.322 e. The van der Waals surface area contributed by atoms with Gasteiger partial charge in [-0.05, 0) is 13.8 Å². The van der Waals surface area contributed by atoms with Crippen molar-refractivity contribution < 1.29 is 9.59 Å². The van der Waals surface area contributed by atoms with Crippen molar-refractivity contribution >= 4 is 12.1 Å². The quantitative estimate of drug-likeness (QED) is 0.364. The minimum absolute atomic E-state index is 0.0486. The maximum Gasteiger partial charge on any atom is 0.199 e. The molecule has 3 nitrogen and oxygen atoms in total. The third kappa shape index (κ3) is 3.68. The van der Waals surface area contributed by atoms with E-state index in [1.165, 1.54) is 0 Å². The van der Waals surface area contributed by atoms with E-state index >= 15 is 0 Å². The molecule has 0 amide bonds. The molecule has 3 heteroatoms. The normalized spacial score (nSPS) is 10.8. The number of ketones is 1. The zero-order valence-corrected chi connectivity index (χ0v) is 6.89. The van der Waals surface area contributed by atoms with Gasteiger partial charge in [0.05, 0.1) is 0 Å². The lowest BCUT2D eigenvalue weighted by Crippen LogP contribution is -2.34. The SMILES string of the molecule is C=C(CC(=O)C=O)C(C)(C)N. The van der Waals surface area contributed by atoms with Gasteiger partial charge in [-0.2, -0.15) is 0 Å². The van der Waals surface area contributed by atoms with E-state index in [0.717, 1.165) is 0 Å². The van der Waals surface area contributed by atoms with Crippen LogP contribution in [0.4, 0.5) is 0 Å². The third-order valence-corrected chi connectivity index (χ3v) is 1.43. The van der Waals surface area contributed by atoms with Crippen LogP contribution in [0, 0.1) is 0 Å². The standard InChI is InChI=1S/C8H13NO2/c1-6(8(2,3)9)4-7(11)5-10/h5H,1,4,9H2,2-3H3. The van der Waals surface area contributed by atoms with Crippen molar-refractivity contribution in [2.45, 2.75) is 25.8 Å². The summed E-state index contributed by atoms with van der Waals surface area (Å²) in [6.45, 7) is 7.10. The summed E-state index contributed by atoms with van der Waals surface area (Å²) < 4.78 is 0. The van der Waals surface area contributed by atoms with Crippen LogP contribution in [-0.4, -0.2) is 17.6 Å². The van der Waals surface area contributed by atoms with E-state index in [-0.39, 0.29) is 12.7 Å². The van der Waals surface area contributed by atoms with Crippen LogP contribution in [-0.2, 0) is 9.59 Å². The number of rotatable bonds is 4. The Hall–Kier alpha value is -0.960. The summed E-state index contributed by atoms with van der Waals surface area (Å²) in [7, 11) is 0. The van der Waals surface area contributed by atoms with Crippen molar-refractivity contribution in [1.29, 1.82) is 0 Å². The average molecular weight is 155 g/mol. The maximum absolute atomic E-state index is 10.6. The van der Waals surface area contributed by atoms with Crippen LogP contribution in [0.2, 0.25) is 0 Å². The second-order valence-electron chi connectivity index (χ2n) is 3.09. The van der Waals surface area contributed by atoms with Gasteiger partial charge < -0.3 is 5.73 Å². The number of hydrogen-bond donors (Lipinski definition) is 1. The Morgan fingerprint density at radius 1 is 1.64 bits per heavy atom. The number of carbonyl (C=O) groups is 2. The molecule has 2 N–H and O–H groups in total. The fraction of sp³-hybridized carbons (Fsp3) is 0.500. The lowest BCUT2D eigenvalue weighted by Gasteiger charge is -2.20. The molecule has 0 aromatic rings. The first-order valence-corrected chi connectivity index (χ1v) is 3.33. The highest BCUT2D eigenvalue weighted by atomic mass is 16.2. The fourth-order valence-electron chi connectivity index (χ4n) is 0.480. The van der Waals surface area contributed by atoms with Gasteiger partial charge in [-0.3, -0.25) is 9.59 Å². The minimum atomic E-state index is -0.585. The lowest BCUT2D eigenvalue weighted by atomic mass is 9.93. The van der Waals surface area contributed by atoms with Gasteiger partial charge in [0.25, 0.3) is 0 Å². The van der Waals surface area contributed by atoms with E-state index in [9.17, 15) is 9.59 Å². The predicted octanol–water partition coefficient (Wildman–Crippen LogP) is 0.438. The van der Waals surface area contributed by atoms with Gasteiger partial charge in [-0.15, -0.1) is 0 Å². The Kier molecular flexibility index (Phi) is 3.14. The molecule has 0 aromatic carbocycles. The molecular formula is C8H13NO2. The van der Waals surface area contributed by atoms with E-state index in [0.29, 0.717) is 5.57 Å². The highest BCUT2D eigenvalue weighted by Gasteiger charge is 2.17. The number of carbonyl (C=O) groups excluding carboxylic acids is 2. The van der Waals surface area contributed by atoms with Crippen LogP contribution in [0.1, 0.15) is 20.3 Å². The van der Waals surface area contributed by atoms with Gasteiger partial charge >= 0.3 is 0 Å². The predicted molar refractivity (Wildman–Crippen MR) is 43.1 cm³/mol. The van der Waals surface area contributed by atoms with E-state index in [1.54, 1.807) is 13.8 Å². The third-order valence-electron chi connectivity index (χ3n) is 1.43. The molecule has 0 bridgehead atoms. The molecule has 0 aliphatic rings. The molecule has 0 unspecified atom stereocenters. The smallest absolute Gasteiger partial charge is 0.199 e. The Morgan fingerprint density at radius 2 is 2.09 bits per heavy atom. The highest BCUT2D eigenvalue weighted by Crippen LogP contribution is 2.13. The topological polar surface area (TPSA) is 60.2 Å². The monoisotopic (exact) mass is 155 g/mol. The second-order valence-corrected chi connectivity index (χ2v) is 3.09. The van der Waals surface area contributed by atoms with Gasteiger partial charge in [0.2, 0.25) is 0 Å². The van der Waals surface area contributed by atoms with Crippen LogP contribution in [0.25, 0.3) is 0 Å². The Morgan fingerprint density at radius 3 is 2.36 bits per heavy atom. The van der Waals surface area contributed by atoms with E-state index in [1.807, 2.05) is 0 Å². The average Bonchev–Trinajstić information content (AvgIpc) is 1.85. The Labute approximate surface area is 66.3 Å². The van der Waals surface area contributed by atoms with Crippen LogP contribution in [0.5, 0.6) is 0 Å². The van der Waals surface area contributed by atoms with Gasteiger partial charge in [-0.25, -0.2) is 0 Å². The van der Waals surface area contributed by atoms with E-state index in [2.05, 4.69) is 6.58 Å². The van der Waals surface area contributed by atoms with E-state index in [4.69, 9.17) is 5.73 Å². The summed E-state index contributed by atoms with van der Waals surface area (Å²) in [5, 5.41) is 0. The van der Waals surface area contributed by atoms with Crippen LogP contribution in [0.3, 0.4) is 0 Å². The first kappa shape index (κ1) is 10.0. The first-order chi connectivity index (χ1) is 4.88. The summed E-state index contributed by atoms with van der Waals surface area (Å²) in [6.07, 6.45) is 0.337. The van der Waals surface area contributed by atoms with Crippen LogP contribution in [0.15, 0.2) is 12.2 Å². The zero-order valence-electron chi connectivity index (χ0n) is 6.89. The molecule has 0 heterocycles. The number of Topliss-reactive ketones (excluding diaryl/α,β-unsaturated/α-hetero) is 1. The molecule has 0 aliphatic carbocycles. The molecule has 0 saturated carbocycles. The molecule has 0 aromatic heterocycles. The van der Waals surface area contributed by atoms with Crippen molar-refractivity contribution in [2.24, 2.45) is 5.73 Å². The molecule has 0 saturated heterocycles. The lowest BCUT2D eigenvalue weighted by molar-refractivity contribution is -0.129. The maximum atomic E-state index is 10.6. The minimum Gasteiger partial charge on any atom is -0.322 e. The Bertz CT molecular complexity index is 189. The van der Waals surface area contributed by atoms with Crippen molar-refractivity contribution in [1.82, 2.24) is 0 Å². The van der Waals surface area contributed by atoms with Crippen molar-refractivity contribution in [2.75, 3.05) is 0 Å². The molecule has 11 heavy (non-hydrogen) atoms. The van der Waals surface area contributed by atoms with Crippen molar-refractivity contribution in [3.8, 4) is 0 Å². The number of aldehydes is 1. The van der Waals surface area contributed by atoms with E-state index < -0.39 is 11.3 Å². The molecule has 0 aliphatic heterocycles. The van der Waals surface area contributed by atoms with Crippen LogP contribution >= 0.6 is 0 Å². The van der Waals surface area contributed by atoms with Gasteiger partial charge in [0, 0.05) is 12.0 Å². The zero-order chi connectivity index (χ0) is 9.07. The first-order valence-electron chi connectivity index (χ1n) is 3.33. The molecule has 0 radical (unpaired) electrons. The Balaban J connectivity index is 4.09. The van der Waals surface area contributed by atoms with Crippen molar-refractivity contribution in [3.63, 3.8) is 0 Å². The molecule has 0 rings (SSSR count). The van der Waals surface area contributed by atoms with Crippen LogP contribution < -0.4 is 5.73 Å². The summed E-state index contributed by atoms with van der Waals surface area (Å²) in [5.41, 5.74) is 5.61. The molecule has 0 spiro atoms. The molecule has 62 valence electrons. The second kappa shape index (κ2) is 3.44. The summed E-state index contributed by atoms with van der Waals surface area (Å²) in [4.78, 5) is 20.5. The number of hydrogen-bond acceptors (Lipinski definition) is 3. The van der Waals surface area contributed by atoms with Gasteiger partial charge in [0.1, 0.15) is 0 Å². The number of nitrogens with two attached hydrogens (primary N) is 1. The van der Waals surface area contributed by atoms with Gasteiger partial charge in [0.15, 0.2) is 12.1 Å². The van der Waals surface area contributed by atoms with Crippen molar-refractivity contribution in [3.05, 3.63) is 12.2 Å². The summed E-state index contributed by atoms with van der Waals surface area (Å²) >= 11 is 0. The summed E-state index contributed by atoms with van der Waals surface area (Å²) in [5.74, 6) is -0.478. The van der Waals surface area contributed by atoms with Gasteiger partial charge in [-0.1, -0.05) is 12.2 Å². The molecule has 0 atom stereocenters. The highest BCUT2D eigenvalue weighted by molar-refractivity contribution is 6.25.